The van der Waals surface area contributed by atoms with Crippen molar-refractivity contribution < 1.29 is 0 Å². The summed E-state index contributed by atoms with van der Waals surface area (Å²) in [6.45, 7) is 3.44. The van der Waals surface area contributed by atoms with E-state index in [2.05, 4.69) is 35.8 Å². The quantitative estimate of drug-likeness (QED) is 0.712. The molecule has 1 aliphatic carbocycles. The van der Waals surface area contributed by atoms with Gasteiger partial charge in [0.05, 0.1) is 0 Å². The van der Waals surface area contributed by atoms with E-state index < -0.39 is 0 Å². The van der Waals surface area contributed by atoms with Crippen molar-refractivity contribution in [2.45, 2.75) is 45.6 Å². The lowest BCUT2D eigenvalue weighted by Crippen LogP contribution is -2.08. The second kappa shape index (κ2) is 3.97. The van der Waals surface area contributed by atoms with Gasteiger partial charge in [0, 0.05) is 23.1 Å². The second-order valence-electron chi connectivity index (χ2n) is 4.80. The largest absolute Gasteiger partial charge is 0.344 e. The zero-order valence-corrected chi connectivity index (χ0v) is 10.00. The van der Waals surface area contributed by atoms with Gasteiger partial charge in [0.25, 0.3) is 0 Å². The van der Waals surface area contributed by atoms with Gasteiger partial charge in [0.2, 0.25) is 0 Å². The minimum Gasteiger partial charge on any atom is -0.344 e. The Morgan fingerprint density at radius 3 is 2.81 bits per heavy atom. The molecule has 0 spiro atoms. The van der Waals surface area contributed by atoms with Crippen LogP contribution in [0.4, 0.5) is 0 Å². The normalized spacial score (nSPS) is 15.3. The summed E-state index contributed by atoms with van der Waals surface area (Å²) in [5.74, 6) is 0. The van der Waals surface area contributed by atoms with Gasteiger partial charge < -0.3 is 4.57 Å². The van der Waals surface area contributed by atoms with E-state index in [1.807, 2.05) is 0 Å². The SMILES string of the molecule is CCCn1c2c(c3ccccc31)CCCC2. The molecule has 1 aromatic heterocycles. The molecule has 1 aliphatic rings. The van der Waals surface area contributed by atoms with Crippen LogP contribution in [-0.2, 0) is 19.4 Å². The second-order valence-corrected chi connectivity index (χ2v) is 4.80. The standard InChI is InChI=1S/C15H19N/c1-2-11-16-14-9-5-3-7-12(14)13-8-4-6-10-15(13)16/h3,5,7,9H,2,4,6,8,10-11H2,1H3. The fourth-order valence-electron chi connectivity index (χ4n) is 3.07. The van der Waals surface area contributed by atoms with Crippen LogP contribution in [0, 0.1) is 0 Å². The lowest BCUT2D eigenvalue weighted by atomic mass is 9.95. The van der Waals surface area contributed by atoms with Crippen LogP contribution >= 0.6 is 0 Å². The van der Waals surface area contributed by atoms with Crippen LogP contribution in [0.25, 0.3) is 10.9 Å². The Kier molecular flexibility index (Phi) is 2.47. The lowest BCUT2D eigenvalue weighted by molar-refractivity contribution is 0.606. The maximum absolute atomic E-state index is 2.56. The molecule has 1 nitrogen and oxygen atoms in total. The maximum Gasteiger partial charge on any atom is 0.0485 e. The number of rotatable bonds is 2. The molecule has 1 heteroatoms. The predicted molar refractivity (Wildman–Crippen MR) is 68.9 cm³/mol. The number of aromatic nitrogens is 1. The monoisotopic (exact) mass is 213 g/mol. The van der Waals surface area contributed by atoms with E-state index >= 15 is 0 Å². The van der Waals surface area contributed by atoms with Crippen molar-refractivity contribution >= 4 is 10.9 Å². The molecule has 0 radical (unpaired) electrons. The van der Waals surface area contributed by atoms with Gasteiger partial charge in [-0.05, 0) is 43.7 Å². The molecule has 84 valence electrons. The van der Waals surface area contributed by atoms with Crippen molar-refractivity contribution in [1.29, 1.82) is 0 Å². The van der Waals surface area contributed by atoms with Gasteiger partial charge >= 0.3 is 0 Å². The summed E-state index contributed by atoms with van der Waals surface area (Å²) in [5.41, 5.74) is 4.71. The minimum absolute atomic E-state index is 1.18. The molecule has 0 N–H and O–H groups in total. The number of aryl methyl sites for hydroxylation is 2. The van der Waals surface area contributed by atoms with Crippen molar-refractivity contribution in [1.82, 2.24) is 4.57 Å². The van der Waals surface area contributed by atoms with Gasteiger partial charge in [-0.3, -0.25) is 0 Å². The maximum atomic E-state index is 2.56. The number of hydrogen-bond donors (Lipinski definition) is 0. The average Bonchev–Trinajstić information content (AvgIpc) is 2.66. The van der Waals surface area contributed by atoms with Crippen molar-refractivity contribution in [2.75, 3.05) is 0 Å². The van der Waals surface area contributed by atoms with E-state index in [0.717, 1.165) is 0 Å². The van der Waals surface area contributed by atoms with E-state index in [1.54, 1.807) is 11.3 Å². The van der Waals surface area contributed by atoms with Crippen molar-refractivity contribution in [3.63, 3.8) is 0 Å². The smallest absolute Gasteiger partial charge is 0.0485 e. The van der Waals surface area contributed by atoms with Crippen molar-refractivity contribution in [3.05, 3.63) is 35.5 Å². The van der Waals surface area contributed by atoms with E-state index in [-0.39, 0.29) is 0 Å². The van der Waals surface area contributed by atoms with Crippen LogP contribution in [-0.4, -0.2) is 4.57 Å². The highest BCUT2D eigenvalue weighted by Gasteiger charge is 2.18. The number of nitrogens with zero attached hydrogens (tertiary/aromatic N) is 1. The summed E-state index contributed by atoms with van der Waals surface area (Å²) in [6.07, 6.45) is 6.53. The van der Waals surface area contributed by atoms with Crippen LogP contribution in [0.3, 0.4) is 0 Å². The number of benzene rings is 1. The first-order chi connectivity index (χ1) is 7.92. The van der Waals surface area contributed by atoms with Gasteiger partial charge in [-0.2, -0.15) is 0 Å². The number of para-hydroxylation sites is 1. The lowest BCUT2D eigenvalue weighted by Gasteiger charge is -2.15. The molecule has 0 aliphatic heterocycles. The van der Waals surface area contributed by atoms with E-state index in [9.17, 15) is 0 Å². The zero-order valence-electron chi connectivity index (χ0n) is 10.00. The fraction of sp³-hybridized carbons (Fsp3) is 0.467. The molecular weight excluding hydrogens is 194 g/mol. The summed E-state index contributed by atoms with van der Waals surface area (Å²) in [6, 6.07) is 8.92. The van der Waals surface area contributed by atoms with Crippen LogP contribution in [0.15, 0.2) is 24.3 Å². The van der Waals surface area contributed by atoms with Crippen LogP contribution in [0.5, 0.6) is 0 Å². The highest BCUT2D eigenvalue weighted by molar-refractivity contribution is 5.85. The Balaban J connectivity index is 2.28. The Morgan fingerprint density at radius 2 is 1.94 bits per heavy atom. The molecule has 0 fully saturated rings. The van der Waals surface area contributed by atoms with E-state index in [4.69, 9.17) is 0 Å². The summed E-state index contributed by atoms with van der Waals surface area (Å²) < 4.78 is 2.56. The molecular formula is C15H19N. The molecule has 0 saturated carbocycles. The number of hydrogen-bond acceptors (Lipinski definition) is 0. The Hall–Kier alpha value is -1.24. The fourth-order valence-corrected chi connectivity index (χ4v) is 3.07. The van der Waals surface area contributed by atoms with Crippen LogP contribution in [0.2, 0.25) is 0 Å². The third-order valence-corrected chi connectivity index (χ3v) is 3.73. The Labute approximate surface area is 97.1 Å². The Morgan fingerprint density at radius 1 is 1.12 bits per heavy atom. The molecule has 0 atom stereocenters. The third-order valence-electron chi connectivity index (χ3n) is 3.73. The van der Waals surface area contributed by atoms with E-state index in [0.29, 0.717) is 0 Å². The molecule has 0 saturated heterocycles. The molecule has 2 aromatic rings. The summed E-state index contributed by atoms with van der Waals surface area (Å²) in [5, 5.41) is 1.51. The molecule has 1 aromatic carbocycles. The van der Waals surface area contributed by atoms with Crippen LogP contribution in [0.1, 0.15) is 37.4 Å². The molecule has 3 rings (SSSR count). The summed E-state index contributed by atoms with van der Waals surface area (Å²) >= 11 is 0. The molecule has 0 bridgehead atoms. The topological polar surface area (TPSA) is 4.93 Å². The molecule has 0 unspecified atom stereocenters. The highest BCUT2D eigenvalue weighted by atomic mass is 15.0. The molecule has 0 amide bonds. The van der Waals surface area contributed by atoms with E-state index in [1.165, 1.54) is 49.6 Å². The first-order valence-corrected chi connectivity index (χ1v) is 6.51. The van der Waals surface area contributed by atoms with Crippen LogP contribution < -0.4 is 0 Å². The average molecular weight is 213 g/mol. The van der Waals surface area contributed by atoms with Gasteiger partial charge in [-0.25, -0.2) is 0 Å². The Bertz CT molecular complexity index is 507. The zero-order chi connectivity index (χ0) is 11.0. The predicted octanol–water partition coefficient (Wildman–Crippen LogP) is 3.93. The molecule has 1 heterocycles. The first-order valence-electron chi connectivity index (χ1n) is 6.51. The van der Waals surface area contributed by atoms with Gasteiger partial charge in [0.1, 0.15) is 0 Å². The van der Waals surface area contributed by atoms with Crippen molar-refractivity contribution in [3.8, 4) is 0 Å². The summed E-state index contributed by atoms with van der Waals surface area (Å²) in [4.78, 5) is 0. The van der Waals surface area contributed by atoms with Gasteiger partial charge in [0.15, 0.2) is 0 Å². The first kappa shape index (κ1) is 9.95. The number of fused-ring (bicyclic) bond motifs is 3. The van der Waals surface area contributed by atoms with Gasteiger partial charge in [-0.1, -0.05) is 25.1 Å². The third kappa shape index (κ3) is 1.38. The van der Waals surface area contributed by atoms with Crippen molar-refractivity contribution in [2.24, 2.45) is 0 Å². The molecule has 16 heavy (non-hydrogen) atoms. The minimum atomic E-state index is 1.18. The summed E-state index contributed by atoms with van der Waals surface area (Å²) in [7, 11) is 0. The highest BCUT2D eigenvalue weighted by Crippen LogP contribution is 2.32. The van der Waals surface area contributed by atoms with Gasteiger partial charge in [-0.15, -0.1) is 0 Å².